The molecule has 94 valence electrons. The molecule has 16 heavy (non-hydrogen) atoms. The van der Waals surface area contributed by atoms with Gasteiger partial charge in [-0.25, -0.2) is 0 Å². The molecular weight excluding hydrogens is 196 g/mol. The monoisotopic (exact) mass is 224 g/mol. The molecule has 1 unspecified atom stereocenters. The number of nitrogens with zero attached hydrogens (tertiary/aromatic N) is 1. The lowest BCUT2D eigenvalue weighted by molar-refractivity contribution is 0.0788. The van der Waals surface area contributed by atoms with Crippen molar-refractivity contribution in [3.8, 4) is 0 Å². The van der Waals surface area contributed by atoms with Gasteiger partial charge >= 0.3 is 0 Å². The van der Waals surface area contributed by atoms with Crippen molar-refractivity contribution >= 4 is 0 Å². The van der Waals surface area contributed by atoms with Crippen molar-refractivity contribution < 1.29 is 0 Å². The summed E-state index contributed by atoms with van der Waals surface area (Å²) in [6.07, 6.45) is 10.3. The van der Waals surface area contributed by atoms with Crippen LogP contribution < -0.4 is 5.32 Å². The number of hydrogen-bond acceptors (Lipinski definition) is 2. The van der Waals surface area contributed by atoms with Gasteiger partial charge in [-0.05, 0) is 71.1 Å². The first-order chi connectivity index (χ1) is 7.76. The Bertz CT molecular complexity index is 199. The van der Waals surface area contributed by atoms with Gasteiger partial charge in [0.2, 0.25) is 0 Å². The van der Waals surface area contributed by atoms with E-state index in [-0.39, 0.29) is 0 Å². The number of piperidine rings is 1. The van der Waals surface area contributed by atoms with Crippen LogP contribution in [-0.4, -0.2) is 37.6 Å². The quantitative estimate of drug-likeness (QED) is 0.790. The van der Waals surface area contributed by atoms with Crippen molar-refractivity contribution in [1.29, 1.82) is 0 Å². The summed E-state index contributed by atoms with van der Waals surface area (Å²) in [7, 11) is 2.05. The van der Waals surface area contributed by atoms with Crippen LogP contribution in [0.2, 0.25) is 0 Å². The Labute approximate surface area is 101 Å². The van der Waals surface area contributed by atoms with Crippen molar-refractivity contribution in [2.24, 2.45) is 5.41 Å². The van der Waals surface area contributed by atoms with Gasteiger partial charge in [-0.3, -0.25) is 0 Å². The van der Waals surface area contributed by atoms with Crippen molar-refractivity contribution in [2.45, 2.75) is 57.9 Å². The molecule has 2 nitrogen and oxygen atoms in total. The molecule has 1 spiro atoms. The maximum atomic E-state index is 3.26. The summed E-state index contributed by atoms with van der Waals surface area (Å²) < 4.78 is 0. The largest absolute Gasteiger partial charge is 0.320 e. The molecule has 1 aliphatic heterocycles. The zero-order valence-corrected chi connectivity index (χ0v) is 11.1. The third kappa shape index (κ3) is 2.78. The molecule has 2 heteroatoms. The Kier molecular flexibility index (Phi) is 4.26. The SMILES string of the molecule is CNCCC(C)N1CCC2(CCCC2)CC1. The lowest BCUT2D eigenvalue weighted by atomic mass is 9.77. The molecule has 2 rings (SSSR count). The predicted octanol–water partition coefficient (Wildman–Crippen LogP) is 2.64. The molecule has 1 heterocycles. The van der Waals surface area contributed by atoms with Crippen LogP contribution in [0.25, 0.3) is 0 Å². The Morgan fingerprint density at radius 1 is 1.12 bits per heavy atom. The van der Waals surface area contributed by atoms with Gasteiger partial charge in [0.1, 0.15) is 0 Å². The molecule has 1 saturated heterocycles. The second-order valence-corrected chi connectivity index (χ2v) is 5.98. The van der Waals surface area contributed by atoms with E-state index in [2.05, 4.69) is 24.2 Å². The maximum absolute atomic E-state index is 3.26. The summed E-state index contributed by atoms with van der Waals surface area (Å²) >= 11 is 0. The summed E-state index contributed by atoms with van der Waals surface area (Å²) in [6.45, 7) is 6.25. The highest BCUT2D eigenvalue weighted by Crippen LogP contribution is 2.46. The summed E-state index contributed by atoms with van der Waals surface area (Å²) in [5.74, 6) is 0. The van der Waals surface area contributed by atoms with Crippen LogP contribution in [0.15, 0.2) is 0 Å². The predicted molar refractivity (Wildman–Crippen MR) is 69.7 cm³/mol. The van der Waals surface area contributed by atoms with Crippen molar-refractivity contribution in [3.05, 3.63) is 0 Å². The number of nitrogens with one attached hydrogen (secondary N) is 1. The van der Waals surface area contributed by atoms with Crippen molar-refractivity contribution in [1.82, 2.24) is 10.2 Å². The van der Waals surface area contributed by atoms with Crippen LogP contribution in [-0.2, 0) is 0 Å². The van der Waals surface area contributed by atoms with Gasteiger partial charge in [-0.15, -0.1) is 0 Å². The van der Waals surface area contributed by atoms with Crippen LogP contribution in [0.4, 0.5) is 0 Å². The van der Waals surface area contributed by atoms with Crippen LogP contribution in [0.5, 0.6) is 0 Å². The molecule has 1 saturated carbocycles. The van der Waals surface area contributed by atoms with E-state index in [0.29, 0.717) is 0 Å². The second kappa shape index (κ2) is 5.50. The Hall–Kier alpha value is -0.0800. The minimum atomic E-state index is 0.770. The molecule has 0 aromatic carbocycles. The van der Waals surface area contributed by atoms with E-state index in [1.54, 1.807) is 0 Å². The van der Waals surface area contributed by atoms with Crippen LogP contribution >= 0.6 is 0 Å². The van der Waals surface area contributed by atoms with Gasteiger partial charge in [-0.2, -0.15) is 0 Å². The standard InChI is InChI=1S/C14H28N2/c1-13(5-10-15-2)16-11-8-14(9-12-16)6-3-4-7-14/h13,15H,3-12H2,1-2H3. The van der Waals surface area contributed by atoms with E-state index in [9.17, 15) is 0 Å². The first kappa shape index (κ1) is 12.4. The molecule has 2 aliphatic rings. The molecule has 1 atom stereocenters. The first-order valence-electron chi connectivity index (χ1n) is 7.14. The average molecular weight is 224 g/mol. The molecule has 1 N–H and O–H groups in total. The minimum Gasteiger partial charge on any atom is -0.320 e. The number of likely N-dealkylation sites (tertiary alicyclic amines) is 1. The van der Waals surface area contributed by atoms with Gasteiger partial charge in [0, 0.05) is 6.04 Å². The molecule has 1 aliphatic carbocycles. The van der Waals surface area contributed by atoms with E-state index >= 15 is 0 Å². The molecule has 0 bridgehead atoms. The third-order valence-corrected chi connectivity index (χ3v) is 4.96. The molecule has 0 aromatic rings. The maximum Gasteiger partial charge on any atom is 0.00790 e. The summed E-state index contributed by atoms with van der Waals surface area (Å²) in [6, 6.07) is 0.770. The Morgan fingerprint density at radius 2 is 1.75 bits per heavy atom. The van der Waals surface area contributed by atoms with Gasteiger partial charge in [0.25, 0.3) is 0 Å². The third-order valence-electron chi connectivity index (χ3n) is 4.96. The number of hydrogen-bond donors (Lipinski definition) is 1. The highest BCUT2D eigenvalue weighted by atomic mass is 15.2. The van der Waals surface area contributed by atoms with E-state index in [1.165, 1.54) is 58.0 Å². The molecular formula is C14H28N2. The van der Waals surface area contributed by atoms with Crippen LogP contribution in [0, 0.1) is 5.41 Å². The van der Waals surface area contributed by atoms with Gasteiger partial charge < -0.3 is 10.2 Å². The number of rotatable bonds is 4. The van der Waals surface area contributed by atoms with Crippen molar-refractivity contribution in [2.75, 3.05) is 26.7 Å². The topological polar surface area (TPSA) is 15.3 Å². The summed E-state index contributed by atoms with van der Waals surface area (Å²) in [5, 5.41) is 3.26. The summed E-state index contributed by atoms with van der Waals surface area (Å²) in [4.78, 5) is 2.71. The van der Waals surface area contributed by atoms with Crippen LogP contribution in [0.3, 0.4) is 0 Å². The van der Waals surface area contributed by atoms with Crippen LogP contribution in [0.1, 0.15) is 51.9 Å². The smallest absolute Gasteiger partial charge is 0.00790 e. The van der Waals surface area contributed by atoms with E-state index in [1.807, 2.05) is 0 Å². The first-order valence-corrected chi connectivity index (χ1v) is 7.14. The highest BCUT2D eigenvalue weighted by Gasteiger charge is 2.37. The van der Waals surface area contributed by atoms with Gasteiger partial charge in [0.05, 0.1) is 0 Å². The molecule has 0 amide bonds. The van der Waals surface area contributed by atoms with Gasteiger partial charge in [-0.1, -0.05) is 12.8 Å². The van der Waals surface area contributed by atoms with Crippen molar-refractivity contribution in [3.63, 3.8) is 0 Å². The van der Waals surface area contributed by atoms with E-state index in [4.69, 9.17) is 0 Å². The Morgan fingerprint density at radius 3 is 2.31 bits per heavy atom. The fraction of sp³-hybridized carbons (Fsp3) is 1.00. The van der Waals surface area contributed by atoms with E-state index in [0.717, 1.165) is 18.0 Å². The lowest BCUT2D eigenvalue weighted by Crippen LogP contribution is -2.44. The van der Waals surface area contributed by atoms with E-state index < -0.39 is 0 Å². The minimum absolute atomic E-state index is 0.770. The fourth-order valence-corrected chi connectivity index (χ4v) is 3.60. The Balaban J connectivity index is 1.75. The highest BCUT2D eigenvalue weighted by molar-refractivity contribution is 4.90. The molecule has 0 aromatic heterocycles. The average Bonchev–Trinajstić information content (AvgIpc) is 2.75. The zero-order chi connectivity index (χ0) is 11.4. The molecule has 2 fully saturated rings. The fourth-order valence-electron chi connectivity index (χ4n) is 3.60. The molecule has 0 radical (unpaired) electrons. The normalized spacial score (nSPS) is 27.4. The second-order valence-electron chi connectivity index (χ2n) is 5.98. The summed E-state index contributed by atoms with van der Waals surface area (Å²) in [5.41, 5.74) is 0.777. The lowest BCUT2D eigenvalue weighted by Gasteiger charge is -2.42. The van der Waals surface area contributed by atoms with Gasteiger partial charge in [0.15, 0.2) is 0 Å². The zero-order valence-electron chi connectivity index (χ0n) is 11.1.